The normalized spacial score (nSPS) is 19.5. The van der Waals surface area contributed by atoms with Crippen LogP contribution in [0.3, 0.4) is 0 Å². The van der Waals surface area contributed by atoms with Crippen molar-refractivity contribution < 1.29 is 19.4 Å². The van der Waals surface area contributed by atoms with E-state index in [1.165, 1.54) is 0 Å². The molecule has 134 valence electrons. The third kappa shape index (κ3) is 5.95. The SMILES string of the molecule is N#CCCCOc1cccnc1NC(=O)NC1CCC(C(=O)O)CC1. The van der Waals surface area contributed by atoms with Crippen LogP contribution >= 0.6 is 0 Å². The highest BCUT2D eigenvalue weighted by Crippen LogP contribution is 2.25. The number of aliphatic carboxylic acids is 1. The van der Waals surface area contributed by atoms with Crippen LogP contribution in [0.25, 0.3) is 0 Å². The molecule has 0 unspecified atom stereocenters. The molecule has 1 aromatic heterocycles. The van der Waals surface area contributed by atoms with Gasteiger partial charge in [0.1, 0.15) is 0 Å². The van der Waals surface area contributed by atoms with Crippen LogP contribution < -0.4 is 15.4 Å². The predicted octanol–water partition coefficient (Wildman–Crippen LogP) is 2.53. The second-order valence-electron chi connectivity index (χ2n) is 5.95. The van der Waals surface area contributed by atoms with E-state index < -0.39 is 5.97 Å². The summed E-state index contributed by atoms with van der Waals surface area (Å²) in [6.07, 6.45) is 4.98. The van der Waals surface area contributed by atoms with Gasteiger partial charge in [0, 0.05) is 18.7 Å². The molecule has 0 radical (unpaired) electrons. The van der Waals surface area contributed by atoms with E-state index in [4.69, 9.17) is 15.1 Å². The lowest BCUT2D eigenvalue weighted by Crippen LogP contribution is -2.41. The van der Waals surface area contributed by atoms with Gasteiger partial charge in [0.15, 0.2) is 11.6 Å². The largest absolute Gasteiger partial charge is 0.490 e. The summed E-state index contributed by atoms with van der Waals surface area (Å²) in [5.74, 6) is -0.318. The molecule has 0 saturated heterocycles. The van der Waals surface area contributed by atoms with Gasteiger partial charge in [-0.25, -0.2) is 9.78 Å². The highest BCUT2D eigenvalue weighted by atomic mass is 16.5. The first-order valence-corrected chi connectivity index (χ1v) is 8.35. The number of ether oxygens (including phenoxy) is 1. The van der Waals surface area contributed by atoms with Crippen LogP contribution in [0.15, 0.2) is 18.3 Å². The Hall–Kier alpha value is -2.82. The summed E-state index contributed by atoms with van der Waals surface area (Å²) >= 11 is 0. The number of nitriles is 1. The number of unbranched alkanes of at least 4 members (excludes halogenated alkanes) is 1. The Balaban J connectivity index is 1.82. The number of nitrogens with one attached hydrogen (secondary N) is 2. The molecule has 0 aromatic carbocycles. The molecular formula is C17H22N4O4. The molecule has 1 fully saturated rings. The molecule has 1 aliphatic carbocycles. The van der Waals surface area contributed by atoms with Crippen molar-refractivity contribution in [2.75, 3.05) is 11.9 Å². The van der Waals surface area contributed by atoms with Crippen LogP contribution in [0.4, 0.5) is 10.6 Å². The summed E-state index contributed by atoms with van der Waals surface area (Å²) in [6, 6.07) is 5.02. The molecular weight excluding hydrogens is 324 g/mol. The number of carbonyl (C=O) groups excluding carboxylic acids is 1. The molecule has 0 spiro atoms. The molecule has 8 heteroatoms. The molecule has 1 aliphatic rings. The Bertz CT molecular complexity index is 636. The highest BCUT2D eigenvalue weighted by molar-refractivity contribution is 5.89. The minimum Gasteiger partial charge on any atom is -0.490 e. The van der Waals surface area contributed by atoms with Crippen LogP contribution in [0, 0.1) is 17.2 Å². The molecule has 8 nitrogen and oxygen atoms in total. The predicted molar refractivity (Wildman–Crippen MR) is 90.1 cm³/mol. The minimum atomic E-state index is -0.769. The van der Waals surface area contributed by atoms with Gasteiger partial charge < -0.3 is 15.2 Å². The smallest absolute Gasteiger partial charge is 0.320 e. The van der Waals surface area contributed by atoms with E-state index in [0.29, 0.717) is 56.7 Å². The van der Waals surface area contributed by atoms with Crippen LogP contribution in [0.5, 0.6) is 5.75 Å². The maximum absolute atomic E-state index is 12.1. The Morgan fingerprint density at radius 3 is 2.80 bits per heavy atom. The summed E-state index contributed by atoms with van der Waals surface area (Å²) in [5.41, 5.74) is 0. The van der Waals surface area contributed by atoms with E-state index >= 15 is 0 Å². The number of carbonyl (C=O) groups is 2. The first-order chi connectivity index (χ1) is 12.1. The molecule has 0 atom stereocenters. The number of aromatic nitrogens is 1. The molecule has 2 amide bonds. The number of amides is 2. The van der Waals surface area contributed by atoms with Crippen LogP contribution in [-0.4, -0.2) is 34.7 Å². The topological polar surface area (TPSA) is 124 Å². The van der Waals surface area contributed by atoms with Crippen molar-refractivity contribution in [1.82, 2.24) is 10.3 Å². The van der Waals surface area contributed by atoms with Crippen molar-refractivity contribution >= 4 is 17.8 Å². The molecule has 25 heavy (non-hydrogen) atoms. The second-order valence-corrected chi connectivity index (χ2v) is 5.95. The van der Waals surface area contributed by atoms with E-state index in [9.17, 15) is 9.59 Å². The van der Waals surface area contributed by atoms with Gasteiger partial charge in [-0.3, -0.25) is 10.1 Å². The summed E-state index contributed by atoms with van der Waals surface area (Å²) in [6.45, 7) is 0.370. The number of hydrogen-bond donors (Lipinski definition) is 3. The maximum atomic E-state index is 12.1. The van der Waals surface area contributed by atoms with Crippen LogP contribution in [0.2, 0.25) is 0 Å². The number of anilines is 1. The monoisotopic (exact) mass is 346 g/mol. The average molecular weight is 346 g/mol. The Kier molecular flexibility index (Phi) is 7.01. The summed E-state index contributed by atoms with van der Waals surface area (Å²) in [4.78, 5) is 27.2. The van der Waals surface area contributed by atoms with Gasteiger partial charge in [-0.1, -0.05) is 0 Å². The fourth-order valence-corrected chi connectivity index (χ4v) is 2.75. The maximum Gasteiger partial charge on any atom is 0.320 e. The minimum absolute atomic E-state index is 0.0423. The van der Waals surface area contributed by atoms with E-state index in [1.807, 2.05) is 6.07 Å². The lowest BCUT2D eigenvalue weighted by atomic mass is 9.86. The summed E-state index contributed by atoms with van der Waals surface area (Å²) in [5, 5.41) is 23.0. The van der Waals surface area contributed by atoms with Gasteiger partial charge in [0.2, 0.25) is 0 Å². The number of pyridine rings is 1. The van der Waals surface area contributed by atoms with Gasteiger partial charge in [0.25, 0.3) is 0 Å². The quantitative estimate of drug-likeness (QED) is 0.652. The summed E-state index contributed by atoms with van der Waals surface area (Å²) < 4.78 is 5.55. The fourth-order valence-electron chi connectivity index (χ4n) is 2.75. The van der Waals surface area contributed by atoms with Gasteiger partial charge in [0.05, 0.1) is 18.6 Å². The number of rotatable bonds is 7. The van der Waals surface area contributed by atoms with Crippen LogP contribution in [-0.2, 0) is 4.79 Å². The van der Waals surface area contributed by atoms with Crippen molar-refractivity contribution in [3.8, 4) is 11.8 Å². The van der Waals surface area contributed by atoms with E-state index in [2.05, 4.69) is 15.6 Å². The average Bonchev–Trinajstić information content (AvgIpc) is 2.60. The Morgan fingerprint density at radius 2 is 2.12 bits per heavy atom. The second kappa shape index (κ2) is 9.47. The lowest BCUT2D eigenvalue weighted by Gasteiger charge is -2.26. The standard InChI is InChI=1S/C17H22N4O4/c18-9-1-2-11-25-14-4-3-10-19-15(14)21-17(24)20-13-7-5-12(6-8-13)16(22)23/h3-4,10,12-13H,1-2,5-8,11H2,(H,22,23)(H2,19,20,21,24). The molecule has 1 aromatic rings. The molecule has 1 heterocycles. The first-order valence-electron chi connectivity index (χ1n) is 8.35. The van der Waals surface area contributed by atoms with Gasteiger partial charge in [-0.15, -0.1) is 0 Å². The molecule has 0 bridgehead atoms. The van der Waals surface area contributed by atoms with Crippen LogP contribution in [0.1, 0.15) is 38.5 Å². The third-order valence-corrected chi connectivity index (χ3v) is 4.10. The molecule has 1 saturated carbocycles. The highest BCUT2D eigenvalue weighted by Gasteiger charge is 2.26. The van der Waals surface area contributed by atoms with E-state index in [1.54, 1.807) is 18.3 Å². The first kappa shape index (κ1) is 18.5. The van der Waals surface area contributed by atoms with Gasteiger partial charge in [-0.05, 0) is 44.2 Å². The molecule has 2 rings (SSSR count). The number of urea groups is 1. The zero-order chi connectivity index (χ0) is 18.1. The molecule has 0 aliphatic heterocycles. The number of nitrogens with zero attached hydrogens (tertiary/aromatic N) is 2. The third-order valence-electron chi connectivity index (χ3n) is 4.10. The van der Waals surface area contributed by atoms with Gasteiger partial charge >= 0.3 is 12.0 Å². The lowest BCUT2D eigenvalue weighted by molar-refractivity contribution is -0.142. The Morgan fingerprint density at radius 1 is 1.36 bits per heavy atom. The zero-order valence-corrected chi connectivity index (χ0v) is 13.9. The van der Waals surface area contributed by atoms with E-state index in [-0.39, 0.29) is 18.0 Å². The fraction of sp³-hybridized carbons (Fsp3) is 0.529. The van der Waals surface area contributed by atoms with E-state index in [0.717, 1.165) is 0 Å². The molecule has 3 N–H and O–H groups in total. The summed E-state index contributed by atoms with van der Waals surface area (Å²) in [7, 11) is 0. The Labute approximate surface area is 146 Å². The zero-order valence-electron chi connectivity index (χ0n) is 13.9. The van der Waals surface area contributed by atoms with Crippen molar-refractivity contribution in [3.63, 3.8) is 0 Å². The van der Waals surface area contributed by atoms with Crippen molar-refractivity contribution in [3.05, 3.63) is 18.3 Å². The van der Waals surface area contributed by atoms with Gasteiger partial charge in [-0.2, -0.15) is 5.26 Å². The number of carboxylic acid groups (broad SMARTS) is 1. The van der Waals surface area contributed by atoms with Crippen molar-refractivity contribution in [2.24, 2.45) is 5.92 Å². The number of carboxylic acids is 1. The van der Waals surface area contributed by atoms with Crippen molar-refractivity contribution in [1.29, 1.82) is 5.26 Å². The van der Waals surface area contributed by atoms with Crippen molar-refractivity contribution in [2.45, 2.75) is 44.6 Å². The number of hydrogen-bond acceptors (Lipinski definition) is 5.